The van der Waals surface area contributed by atoms with Crippen molar-refractivity contribution in [2.75, 3.05) is 5.32 Å². The largest absolute Gasteiger partial charge is 0.481 e. The molecular formula is C17H18N2O3. The van der Waals surface area contributed by atoms with Gasteiger partial charge in [-0.3, -0.25) is 9.59 Å². The zero-order valence-corrected chi connectivity index (χ0v) is 12.5. The lowest BCUT2D eigenvalue weighted by atomic mass is 10.1. The molecule has 2 aromatic rings. The number of carbonyl (C=O) groups is 2. The summed E-state index contributed by atoms with van der Waals surface area (Å²) >= 11 is 0. The van der Waals surface area contributed by atoms with Crippen molar-refractivity contribution in [1.29, 1.82) is 0 Å². The van der Waals surface area contributed by atoms with E-state index in [2.05, 4.69) is 5.32 Å². The summed E-state index contributed by atoms with van der Waals surface area (Å²) in [5.41, 5.74) is 6.86. The molecule has 0 saturated heterocycles. The molecule has 1 atom stereocenters. The van der Waals surface area contributed by atoms with Crippen molar-refractivity contribution in [2.24, 2.45) is 5.73 Å². The van der Waals surface area contributed by atoms with Crippen LogP contribution in [-0.4, -0.2) is 17.9 Å². The smallest absolute Gasteiger partial charge is 0.265 e. The Morgan fingerprint density at radius 3 is 2.41 bits per heavy atom. The van der Waals surface area contributed by atoms with Crippen LogP contribution >= 0.6 is 0 Å². The molecule has 22 heavy (non-hydrogen) atoms. The monoisotopic (exact) mass is 298 g/mol. The van der Waals surface area contributed by atoms with Gasteiger partial charge in [0.25, 0.3) is 5.91 Å². The first-order valence-electron chi connectivity index (χ1n) is 6.91. The molecular weight excluding hydrogens is 280 g/mol. The maximum atomic E-state index is 12.2. The molecule has 0 heterocycles. The third kappa shape index (κ3) is 3.63. The lowest BCUT2D eigenvalue weighted by Gasteiger charge is -2.16. The van der Waals surface area contributed by atoms with E-state index in [9.17, 15) is 9.59 Å². The van der Waals surface area contributed by atoms with Gasteiger partial charge in [0.15, 0.2) is 6.10 Å². The summed E-state index contributed by atoms with van der Waals surface area (Å²) in [6.45, 7) is 3.40. The van der Waals surface area contributed by atoms with Crippen molar-refractivity contribution in [3.63, 3.8) is 0 Å². The fourth-order valence-corrected chi connectivity index (χ4v) is 2.03. The summed E-state index contributed by atoms with van der Waals surface area (Å²) < 4.78 is 5.56. The molecule has 3 N–H and O–H groups in total. The van der Waals surface area contributed by atoms with Crippen LogP contribution in [0.4, 0.5) is 5.69 Å². The van der Waals surface area contributed by atoms with Gasteiger partial charge < -0.3 is 15.8 Å². The first kappa shape index (κ1) is 15.6. The molecule has 114 valence electrons. The van der Waals surface area contributed by atoms with Crippen LogP contribution in [0.5, 0.6) is 5.75 Å². The van der Waals surface area contributed by atoms with Crippen LogP contribution in [-0.2, 0) is 4.79 Å². The van der Waals surface area contributed by atoms with Gasteiger partial charge in [0.05, 0.1) is 0 Å². The van der Waals surface area contributed by atoms with Gasteiger partial charge in [0.1, 0.15) is 5.75 Å². The normalized spacial score (nSPS) is 11.5. The van der Waals surface area contributed by atoms with Crippen molar-refractivity contribution >= 4 is 17.5 Å². The fourth-order valence-electron chi connectivity index (χ4n) is 2.03. The van der Waals surface area contributed by atoms with Crippen LogP contribution in [0.15, 0.2) is 48.5 Å². The lowest BCUT2D eigenvalue weighted by Crippen LogP contribution is -2.30. The average Bonchev–Trinajstić information content (AvgIpc) is 2.50. The predicted octanol–water partition coefficient (Wildman–Crippen LogP) is 2.50. The third-order valence-electron chi connectivity index (χ3n) is 3.28. The number of para-hydroxylation sites is 1. The van der Waals surface area contributed by atoms with E-state index in [0.29, 0.717) is 22.6 Å². The number of hydrogen-bond acceptors (Lipinski definition) is 3. The Balaban J connectivity index is 2.09. The molecule has 0 bridgehead atoms. The van der Waals surface area contributed by atoms with E-state index in [4.69, 9.17) is 10.5 Å². The molecule has 0 aliphatic rings. The second kappa shape index (κ2) is 6.76. The number of ether oxygens (including phenoxy) is 1. The number of primary amides is 1. The molecule has 0 aliphatic heterocycles. The van der Waals surface area contributed by atoms with Crippen LogP contribution in [0.1, 0.15) is 22.8 Å². The Morgan fingerprint density at radius 2 is 1.77 bits per heavy atom. The quantitative estimate of drug-likeness (QED) is 0.889. The first-order chi connectivity index (χ1) is 10.5. The van der Waals surface area contributed by atoms with Crippen LogP contribution in [0, 0.1) is 6.92 Å². The van der Waals surface area contributed by atoms with Gasteiger partial charge >= 0.3 is 0 Å². The minimum Gasteiger partial charge on any atom is -0.481 e. The molecule has 2 amide bonds. The highest BCUT2D eigenvalue weighted by atomic mass is 16.5. The molecule has 5 nitrogen and oxygen atoms in total. The summed E-state index contributed by atoms with van der Waals surface area (Å²) in [6.07, 6.45) is -0.668. The minimum absolute atomic E-state index is 0.298. The topological polar surface area (TPSA) is 81.4 Å². The van der Waals surface area contributed by atoms with Gasteiger partial charge in [-0.2, -0.15) is 0 Å². The van der Waals surface area contributed by atoms with Crippen molar-refractivity contribution in [3.8, 4) is 5.75 Å². The molecule has 0 aliphatic carbocycles. The maximum Gasteiger partial charge on any atom is 0.265 e. The number of anilines is 1. The van der Waals surface area contributed by atoms with Crippen molar-refractivity contribution < 1.29 is 14.3 Å². The number of carbonyl (C=O) groups excluding carboxylic acids is 2. The highest BCUT2D eigenvalue weighted by molar-refractivity contribution is 5.99. The Hall–Kier alpha value is -2.82. The molecule has 0 radical (unpaired) electrons. The standard InChI is InChI=1S/C17H18N2O3/c1-11-14(16(18)20)9-6-10-15(11)19-17(21)12(2)22-13-7-4-3-5-8-13/h3-10,12H,1-2H3,(H2,18,20)(H,19,21). The van der Waals surface area contributed by atoms with Gasteiger partial charge in [-0.05, 0) is 43.7 Å². The fraction of sp³-hybridized carbons (Fsp3) is 0.176. The Bertz CT molecular complexity index is 684. The second-order valence-electron chi connectivity index (χ2n) is 4.90. The van der Waals surface area contributed by atoms with Crippen molar-refractivity contribution in [2.45, 2.75) is 20.0 Å². The van der Waals surface area contributed by atoms with E-state index in [-0.39, 0.29) is 5.91 Å². The van der Waals surface area contributed by atoms with E-state index in [0.717, 1.165) is 0 Å². The Morgan fingerprint density at radius 1 is 1.09 bits per heavy atom. The number of amides is 2. The third-order valence-corrected chi connectivity index (χ3v) is 3.28. The molecule has 0 aromatic heterocycles. The SMILES string of the molecule is Cc1c(NC(=O)C(C)Oc2ccccc2)cccc1C(N)=O. The van der Waals surface area contributed by atoms with E-state index >= 15 is 0 Å². The number of hydrogen-bond donors (Lipinski definition) is 2. The number of nitrogens with one attached hydrogen (secondary N) is 1. The minimum atomic E-state index is -0.668. The molecule has 2 rings (SSSR count). The second-order valence-corrected chi connectivity index (χ2v) is 4.90. The molecule has 1 unspecified atom stereocenters. The first-order valence-corrected chi connectivity index (χ1v) is 6.91. The molecule has 5 heteroatoms. The van der Waals surface area contributed by atoms with Crippen LogP contribution < -0.4 is 15.8 Å². The van der Waals surface area contributed by atoms with Gasteiger partial charge in [-0.25, -0.2) is 0 Å². The van der Waals surface area contributed by atoms with Crippen LogP contribution in [0.3, 0.4) is 0 Å². The zero-order chi connectivity index (χ0) is 16.1. The number of nitrogens with two attached hydrogens (primary N) is 1. The molecule has 0 spiro atoms. The van der Waals surface area contributed by atoms with E-state index < -0.39 is 12.0 Å². The summed E-state index contributed by atoms with van der Waals surface area (Å²) in [5, 5.41) is 2.75. The highest BCUT2D eigenvalue weighted by Crippen LogP contribution is 2.19. The van der Waals surface area contributed by atoms with Crippen molar-refractivity contribution in [3.05, 3.63) is 59.7 Å². The lowest BCUT2D eigenvalue weighted by molar-refractivity contribution is -0.122. The summed E-state index contributed by atoms with van der Waals surface area (Å²) in [6, 6.07) is 14.1. The van der Waals surface area contributed by atoms with Crippen molar-refractivity contribution in [1.82, 2.24) is 0 Å². The number of rotatable bonds is 5. The number of benzene rings is 2. The predicted molar refractivity (Wildman–Crippen MR) is 84.9 cm³/mol. The van der Waals surface area contributed by atoms with Crippen LogP contribution in [0.25, 0.3) is 0 Å². The van der Waals surface area contributed by atoms with E-state index in [1.807, 2.05) is 18.2 Å². The summed E-state index contributed by atoms with van der Waals surface area (Å²) in [7, 11) is 0. The molecule has 0 saturated carbocycles. The van der Waals surface area contributed by atoms with E-state index in [1.54, 1.807) is 44.2 Å². The highest BCUT2D eigenvalue weighted by Gasteiger charge is 2.17. The molecule has 0 fully saturated rings. The van der Waals surface area contributed by atoms with Gasteiger partial charge in [0, 0.05) is 11.3 Å². The van der Waals surface area contributed by atoms with Crippen LogP contribution in [0.2, 0.25) is 0 Å². The van der Waals surface area contributed by atoms with Gasteiger partial charge in [0.2, 0.25) is 5.91 Å². The zero-order valence-electron chi connectivity index (χ0n) is 12.5. The average molecular weight is 298 g/mol. The Labute approximate surface area is 129 Å². The summed E-state index contributed by atoms with van der Waals surface area (Å²) in [4.78, 5) is 23.5. The maximum absolute atomic E-state index is 12.2. The van der Waals surface area contributed by atoms with E-state index in [1.165, 1.54) is 0 Å². The Kier molecular flexibility index (Phi) is 4.78. The van der Waals surface area contributed by atoms with Gasteiger partial charge in [-0.15, -0.1) is 0 Å². The molecule has 2 aromatic carbocycles. The summed E-state index contributed by atoms with van der Waals surface area (Å²) in [5.74, 6) is -0.205. The van der Waals surface area contributed by atoms with Gasteiger partial charge in [-0.1, -0.05) is 24.3 Å².